The Hall–Kier alpha value is -0.570. The van der Waals surface area contributed by atoms with Crippen LogP contribution in [0.4, 0.5) is 0 Å². The van der Waals surface area contributed by atoms with E-state index in [4.69, 9.17) is 4.74 Å². The lowest BCUT2D eigenvalue weighted by Crippen LogP contribution is -2.46. The third-order valence-electron chi connectivity index (χ3n) is 3.86. The molecule has 2 aliphatic carbocycles. The number of carbonyl (C=O) groups is 1. The average molecular weight is 211 g/mol. The van der Waals surface area contributed by atoms with E-state index in [0.29, 0.717) is 11.3 Å². The summed E-state index contributed by atoms with van der Waals surface area (Å²) in [6.07, 6.45) is 6.26. The third-order valence-corrected chi connectivity index (χ3v) is 3.86. The van der Waals surface area contributed by atoms with Crippen molar-refractivity contribution < 1.29 is 9.53 Å². The third kappa shape index (κ3) is 2.51. The van der Waals surface area contributed by atoms with Crippen LogP contribution in [-0.2, 0) is 9.53 Å². The molecule has 86 valence electrons. The molecule has 0 radical (unpaired) electrons. The fraction of sp³-hybridized carbons (Fsp3) is 0.917. The Kier molecular flexibility index (Phi) is 3.01. The highest BCUT2D eigenvalue weighted by molar-refractivity contribution is 5.76. The van der Waals surface area contributed by atoms with Crippen molar-refractivity contribution in [2.24, 2.45) is 11.3 Å². The molecule has 0 aromatic heterocycles. The van der Waals surface area contributed by atoms with Crippen molar-refractivity contribution in [1.29, 1.82) is 0 Å². The molecule has 2 rings (SSSR count). The zero-order valence-corrected chi connectivity index (χ0v) is 9.71. The fourth-order valence-corrected chi connectivity index (χ4v) is 2.31. The molecule has 1 atom stereocenters. The standard InChI is InChI=1S/C12H21NO2/c1-12(6-3-7-12)8-13-10(9-4-5-9)11(14)15-2/h9-10,13H,3-8H2,1-2H3. The van der Waals surface area contributed by atoms with Crippen LogP contribution >= 0.6 is 0 Å². The van der Waals surface area contributed by atoms with Gasteiger partial charge in [0, 0.05) is 6.54 Å². The van der Waals surface area contributed by atoms with Gasteiger partial charge < -0.3 is 10.1 Å². The van der Waals surface area contributed by atoms with Crippen LogP contribution in [0.3, 0.4) is 0 Å². The highest BCUT2D eigenvalue weighted by Crippen LogP contribution is 2.40. The molecule has 0 aromatic carbocycles. The Balaban J connectivity index is 1.81. The van der Waals surface area contributed by atoms with E-state index in [9.17, 15) is 4.79 Å². The Morgan fingerprint density at radius 3 is 2.60 bits per heavy atom. The second kappa shape index (κ2) is 4.12. The summed E-state index contributed by atoms with van der Waals surface area (Å²) in [5.74, 6) is 0.446. The summed E-state index contributed by atoms with van der Waals surface area (Å²) in [6.45, 7) is 3.26. The van der Waals surface area contributed by atoms with E-state index in [-0.39, 0.29) is 12.0 Å². The van der Waals surface area contributed by atoms with E-state index in [2.05, 4.69) is 12.2 Å². The Labute approximate surface area is 91.6 Å². The summed E-state index contributed by atoms with van der Waals surface area (Å²) in [6, 6.07) is -0.0487. The molecule has 1 unspecified atom stereocenters. The molecule has 2 fully saturated rings. The first-order valence-corrected chi connectivity index (χ1v) is 5.96. The molecule has 0 aliphatic heterocycles. The zero-order chi connectivity index (χ0) is 10.9. The quantitative estimate of drug-likeness (QED) is 0.704. The van der Waals surface area contributed by atoms with Gasteiger partial charge in [-0.15, -0.1) is 0 Å². The molecule has 0 aromatic rings. The number of hydrogen-bond donors (Lipinski definition) is 1. The van der Waals surface area contributed by atoms with Crippen molar-refractivity contribution in [3.05, 3.63) is 0 Å². The van der Waals surface area contributed by atoms with Gasteiger partial charge in [-0.05, 0) is 37.0 Å². The predicted molar refractivity (Wildman–Crippen MR) is 58.5 cm³/mol. The minimum Gasteiger partial charge on any atom is -0.468 e. The molecular formula is C12H21NO2. The first kappa shape index (κ1) is 10.9. The van der Waals surface area contributed by atoms with Gasteiger partial charge in [0.05, 0.1) is 7.11 Å². The first-order valence-electron chi connectivity index (χ1n) is 5.96. The second-order valence-corrected chi connectivity index (χ2v) is 5.38. The van der Waals surface area contributed by atoms with E-state index >= 15 is 0 Å². The molecule has 0 bridgehead atoms. The molecule has 15 heavy (non-hydrogen) atoms. The van der Waals surface area contributed by atoms with Gasteiger partial charge in [-0.3, -0.25) is 4.79 Å². The van der Waals surface area contributed by atoms with Crippen LogP contribution in [0, 0.1) is 11.3 Å². The van der Waals surface area contributed by atoms with Crippen molar-refractivity contribution in [1.82, 2.24) is 5.32 Å². The smallest absolute Gasteiger partial charge is 0.323 e. The maximum Gasteiger partial charge on any atom is 0.323 e. The van der Waals surface area contributed by atoms with Crippen LogP contribution in [0.15, 0.2) is 0 Å². The lowest BCUT2D eigenvalue weighted by atomic mass is 9.70. The molecular weight excluding hydrogens is 190 g/mol. The van der Waals surface area contributed by atoms with Gasteiger partial charge in [0.1, 0.15) is 6.04 Å². The normalized spacial score (nSPS) is 25.5. The molecule has 3 heteroatoms. The maximum atomic E-state index is 11.5. The molecule has 2 saturated carbocycles. The minimum absolute atomic E-state index is 0.0487. The summed E-state index contributed by atoms with van der Waals surface area (Å²) in [7, 11) is 1.48. The largest absolute Gasteiger partial charge is 0.468 e. The number of hydrogen-bond acceptors (Lipinski definition) is 3. The minimum atomic E-state index is -0.0829. The number of nitrogens with one attached hydrogen (secondary N) is 1. The van der Waals surface area contributed by atoms with Crippen molar-refractivity contribution >= 4 is 5.97 Å². The molecule has 2 aliphatic rings. The van der Waals surface area contributed by atoms with Crippen LogP contribution in [0.5, 0.6) is 0 Å². The summed E-state index contributed by atoms with van der Waals surface area (Å²) >= 11 is 0. The van der Waals surface area contributed by atoms with E-state index in [1.807, 2.05) is 0 Å². The van der Waals surface area contributed by atoms with Crippen LogP contribution in [0.2, 0.25) is 0 Å². The number of carbonyl (C=O) groups excluding carboxylic acids is 1. The van der Waals surface area contributed by atoms with Crippen molar-refractivity contribution in [3.8, 4) is 0 Å². The van der Waals surface area contributed by atoms with E-state index < -0.39 is 0 Å². The second-order valence-electron chi connectivity index (χ2n) is 5.38. The number of esters is 1. The average Bonchev–Trinajstić information content (AvgIpc) is 2.99. The maximum absolute atomic E-state index is 11.5. The van der Waals surface area contributed by atoms with Gasteiger partial charge in [0.2, 0.25) is 0 Å². The van der Waals surface area contributed by atoms with Gasteiger partial charge in [-0.2, -0.15) is 0 Å². The van der Waals surface area contributed by atoms with E-state index in [1.165, 1.54) is 39.2 Å². The number of rotatable bonds is 5. The lowest BCUT2D eigenvalue weighted by molar-refractivity contribution is -0.143. The summed E-state index contributed by atoms with van der Waals surface area (Å²) < 4.78 is 4.83. The molecule has 0 amide bonds. The Bertz CT molecular complexity index is 244. The summed E-state index contributed by atoms with van der Waals surface area (Å²) in [4.78, 5) is 11.5. The topological polar surface area (TPSA) is 38.3 Å². The van der Waals surface area contributed by atoms with E-state index in [1.54, 1.807) is 0 Å². The van der Waals surface area contributed by atoms with Gasteiger partial charge >= 0.3 is 5.97 Å². The van der Waals surface area contributed by atoms with E-state index in [0.717, 1.165) is 6.54 Å². The lowest BCUT2D eigenvalue weighted by Gasteiger charge is -2.39. The van der Waals surface area contributed by atoms with Crippen molar-refractivity contribution in [3.63, 3.8) is 0 Å². The fourth-order valence-electron chi connectivity index (χ4n) is 2.31. The summed E-state index contributed by atoms with van der Waals surface area (Å²) in [5.41, 5.74) is 0.432. The highest BCUT2D eigenvalue weighted by Gasteiger charge is 2.39. The zero-order valence-electron chi connectivity index (χ0n) is 9.71. The molecule has 0 spiro atoms. The SMILES string of the molecule is COC(=O)C(NCC1(C)CCC1)C1CC1. The Morgan fingerprint density at radius 1 is 1.53 bits per heavy atom. The van der Waals surface area contributed by atoms with Crippen LogP contribution in [0.25, 0.3) is 0 Å². The monoisotopic (exact) mass is 211 g/mol. The molecule has 3 nitrogen and oxygen atoms in total. The van der Waals surface area contributed by atoms with Gasteiger partial charge in [-0.25, -0.2) is 0 Å². The van der Waals surface area contributed by atoms with Gasteiger partial charge in [0.25, 0.3) is 0 Å². The summed E-state index contributed by atoms with van der Waals surface area (Å²) in [5, 5.41) is 3.40. The van der Waals surface area contributed by atoms with Gasteiger partial charge in [-0.1, -0.05) is 13.3 Å². The molecule has 0 heterocycles. The van der Waals surface area contributed by atoms with Crippen molar-refractivity contribution in [2.45, 2.75) is 45.1 Å². The first-order chi connectivity index (χ1) is 7.14. The predicted octanol–water partition coefficient (Wildman–Crippen LogP) is 1.72. The van der Waals surface area contributed by atoms with Crippen molar-refractivity contribution in [2.75, 3.05) is 13.7 Å². The number of methoxy groups -OCH3 is 1. The molecule has 1 N–H and O–H groups in total. The van der Waals surface area contributed by atoms with Crippen LogP contribution in [-0.4, -0.2) is 25.7 Å². The highest BCUT2D eigenvalue weighted by atomic mass is 16.5. The number of ether oxygens (including phenoxy) is 1. The molecule has 0 saturated heterocycles. The van der Waals surface area contributed by atoms with Crippen LogP contribution < -0.4 is 5.32 Å². The van der Waals surface area contributed by atoms with Crippen LogP contribution in [0.1, 0.15) is 39.0 Å². The Morgan fingerprint density at radius 2 is 2.20 bits per heavy atom. The van der Waals surface area contributed by atoms with Gasteiger partial charge in [0.15, 0.2) is 0 Å².